The molecule has 9 nitrogen and oxygen atoms in total. The van der Waals surface area contributed by atoms with Gasteiger partial charge < -0.3 is 19.2 Å². The minimum absolute atomic E-state index is 0.0400. The number of rotatable bonds is 9. The molecular formula is C18H23N3O6S. The molecule has 0 atom stereocenters. The minimum atomic E-state index is -0.520. The molecule has 1 amide bonds. The van der Waals surface area contributed by atoms with E-state index in [-0.39, 0.29) is 24.7 Å². The predicted octanol–water partition coefficient (Wildman–Crippen LogP) is 2.25. The van der Waals surface area contributed by atoms with E-state index in [4.69, 9.17) is 14.2 Å². The highest BCUT2D eigenvalue weighted by Crippen LogP contribution is 2.22. The lowest BCUT2D eigenvalue weighted by molar-refractivity contribution is -0.142. The number of hydrogen-bond acceptors (Lipinski definition) is 8. The molecule has 2 N–H and O–H groups in total. The lowest BCUT2D eigenvalue weighted by atomic mass is 10.1. The standard InChI is InChI=1S/C18H23N3O6S/c1-5-26-13(22)8-12-9-28-18(20-12)21-16(23)15-10(2)14(11(3)19-15)17(24)27-7-6-25-4/h9,19H,5-8H2,1-4H3,(H,20,21,23). The van der Waals surface area contributed by atoms with Crippen LogP contribution >= 0.6 is 11.3 Å². The van der Waals surface area contributed by atoms with E-state index in [0.29, 0.717) is 40.9 Å². The number of thiazole rings is 1. The third-order valence-electron chi connectivity index (χ3n) is 3.79. The Kier molecular flexibility index (Phi) is 7.70. The van der Waals surface area contributed by atoms with E-state index in [9.17, 15) is 14.4 Å². The quantitative estimate of drug-likeness (QED) is 0.481. The van der Waals surface area contributed by atoms with Gasteiger partial charge in [-0.15, -0.1) is 11.3 Å². The first-order chi connectivity index (χ1) is 13.4. The number of amides is 1. The first-order valence-corrected chi connectivity index (χ1v) is 9.51. The summed E-state index contributed by atoms with van der Waals surface area (Å²) in [6.45, 7) is 5.81. The summed E-state index contributed by atoms with van der Waals surface area (Å²) in [5.41, 5.74) is 2.11. The Hall–Kier alpha value is -2.72. The molecule has 2 heterocycles. The fraction of sp³-hybridized carbons (Fsp3) is 0.444. The normalized spacial score (nSPS) is 10.6. The largest absolute Gasteiger partial charge is 0.466 e. The van der Waals surface area contributed by atoms with Crippen molar-refractivity contribution in [2.75, 3.05) is 32.2 Å². The Morgan fingerprint density at radius 2 is 1.96 bits per heavy atom. The molecule has 0 spiro atoms. The zero-order valence-electron chi connectivity index (χ0n) is 16.2. The Balaban J connectivity index is 2.07. The first kappa shape index (κ1) is 21.6. The fourth-order valence-corrected chi connectivity index (χ4v) is 3.24. The molecule has 0 radical (unpaired) electrons. The lowest BCUT2D eigenvalue weighted by Gasteiger charge is -2.05. The van der Waals surface area contributed by atoms with Crippen LogP contribution < -0.4 is 5.32 Å². The summed E-state index contributed by atoms with van der Waals surface area (Å²) in [5.74, 6) is -1.33. The third kappa shape index (κ3) is 5.40. The van der Waals surface area contributed by atoms with Crippen LogP contribution in [0.1, 0.15) is 44.7 Å². The zero-order chi connectivity index (χ0) is 20.7. The van der Waals surface area contributed by atoms with E-state index in [0.717, 1.165) is 0 Å². The van der Waals surface area contributed by atoms with Crippen LogP contribution in [0.25, 0.3) is 0 Å². The van der Waals surface area contributed by atoms with Crippen molar-refractivity contribution in [1.82, 2.24) is 9.97 Å². The number of H-pyrrole nitrogens is 1. The van der Waals surface area contributed by atoms with Crippen LogP contribution in [-0.4, -0.2) is 54.7 Å². The maximum absolute atomic E-state index is 12.6. The van der Waals surface area contributed by atoms with Gasteiger partial charge in [0.25, 0.3) is 5.91 Å². The summed E-state index contributed by atoms with van der Waals surface area (Å²) in [4.78, 5) is 43.4. The second kappa shape index (κ2) is 10.00. The summed E-state index contributed by atoms with van der Waals surface area (Å²) in [7, 11) is 1.51. The van der Waals surface area contributed by atoms with Crippen molar-refractivity contribution in [3.8, 4) is 0 Å². The number of aromatic amines is 1. The number of esters is 2. The van der Waals surface area contributed by atoms with Crippen LogP contribution in [0.3, 0.4) is 0 Å². The van der Waals surface area contributed by atoms with Gasteiger partial charge in [0.1, 0.15) is 12.3 Å². The Labute approximate surface area is 166 Å². The highest BCUT2D eigenvalue weighted by Gasteiger charge is 2.23. The molecule has 0 aliphatic rings. The summed E-state index contributed by atoms with van der Waals surface area (Å²) < 4.78 is 14.9. The minimum Gasteiger partial charge on any atom is -0.466 e. The molecular weight excluding hydrogens is 386 g/mol. The van der Waals surface area contributed by atoms with Gasteiger partial charge in [0, 0.05) is 18.2 Å². The molecule has 0 unspecified atom stereocenters. The Morgan fingerprint density at radius 1 is 1.21 bits per heavy atom. The number of carbonyl (C=O) groups is 3. The first-order valence-electron chi connectivity index (χ1n) is 8.63. The highest BCUT2D eigenvalue weighted by molar-refractivity contribution is 7.14. The molecule has 0 saturated carbocycles. The van der Waals surface area contributed by atoms with E-state index in [2.05, 4.69) is 15.3 Å². The number of hydrogen-bond donors (Lipinski definition) is 2. The van der Waals surface area contributed by atoms with Crippen LogP contribution in [0.15, 0.2) is 5.38 Å². The number of anilines is 1. The van der Waals surface area contributed by atoms with E-state index in [1.807, 2.05) is 0 Å². The zero-order valence-corrected chi connectivity index (χ0v) is 17.0. The number of nitrogens with one attached hydrogen (secondary N) is 2. The highest BCUT2D eigenvalue weighted by atomic mass is 32.1. The average molecular weight is 409 g/mol. The van der Waals surface area contributed by atoms with Crippen LogP contribution in [0.4, 0.5) is 5.13 Å². The molecule has 0 aliphatic heterocycles. The van der Waals surface area contributed by atoms with E-state index in [1.54, 1.807) is 26.2 Å². The second-order valence-electron chi connectivity index (χ2n) is 5.83. The maximum atomic E-state index is 12.6. The van der Waals surface area contributed by atoms with Crippen LogP contribution in [-0.2, 0) is 25.4 Å². The van der Waals surface area contributed by atoms with Crippen LogP contribution in [0.5, 0.6) is 0 Å². The van der Waals surface area contributed by atoms with Gasteiger partial charge in [-0.25, -0.2) is 9.78 Å². The molecule has 2 rings (SSSR count). The topological polar surface area (TPSA) is 120 Å². The van der Waals surface area contributed by atoms with Gasteiger partial charge in [-0.3, -0.25) is 14.9 Å². The van der Waals surface area contributed by atoms with Crippen molar-refractivity contribution in [2.24, 2.45) is 0 Å². The summed E-state index contributed by atoms with van der Waals surface area (Å²) in [5, 5.41) is 4.70. The molecule has 152 valence electrons. The molecule has 0 aromatic carbocycles. The van der Waals surface area contributed by atoms with Gasteiger partial charge in [0.05, 0.1) is 30.9 Å². The Morgan fingerprint density at radius 3 is 2.64 bits per heavy atom. The van der Waals surface area contributed by atoms with Crippen molar-refractivity contribution in [3.05, 3.63) is 33.6 Å². The van der Waals surface area contributed by atoms with Crippen molar-refractivity contribution in [3.63, 3.8) is 0 Å². The summed E-state index contributed by atoms with van der Waals surface area (Å²) in [6, 6.07) is 0. The van der Waals surface area contributed by atoms with Gasteiger partial charge in [0.15, 0.2) is 5.13 Å². The number of aryl methyl sites for hydroxylation is 1. The molecule has 0 fully saturated rings. The van der Waals surface area contributed by atoms with E-state index >= 15 is 0 Å². The number of ether oxygens (including phenoxy) is 3. The molecule has 10 heteroatoms. The third-order valence-corrected chi connectivity index (χ3v) is 4.60. The van der Waals surface area contributed by atoms with Crippen LogP contribution in [0.2, 0.25) is 0 Å². The number of nitrogens with zero attached hydrogens (tertiary/aromatic N) is 1. The number of methoxy groups -OCH3 is 1. The van der Waals surface area contributed by atoms with Gasteiger partial charge in [0.2, 0.25) is 0 Å². The van der Waals surface area contributed by atoms with Gasteiger partial charge in [-0.05, 0) is 26.3 Å². The van der Waals surface area contributed by atoms with Gasteiger partial charge in [-0.2, -0.15) is 0 Å². The van der Waals surface area contributed by atoms with Gasteiger partial charge >= 0.3 is 11.9 Å². The van der Waals surface area contributed by atoms with E-state index < -0.39 is 11.9 Å². The van der Waals surface area contributed by atoms with Crippen LogP contribution in [0, 0.1) is 13.8 Å². The molecule has 0 aliphatic carbocycles. The van der Waals surface area contributed by atoms with E-state index in [1.165, 1.54) is 18.4 Å². The Bertz CT molecular complexity index is 858. The fourth-order valence-electron chi connectivity index (χ4n) is 2.54. The molecule has 28 heavy (non-hydrogen) atoms. The number of carbonyl (C=O) groups excluding carboxylic acids is 3. The monoisotopic (exact) mass is 409 g/mol. The van der Waals surface area contributed by atoms with Gasteiger partial charge in [-0.1, -0.05) is 0 Å². The van der Waals surface area contributed by atoms with Crippen molar-refractivity contribution < 1.29 is 28.6 Å². The number of aromatic nitrogens is 2. The smallest absolute Gasteiger partial charge is 0.340 e. The maximum Gasteiger partial charge on any atom is 0.340 e. The predicted molar refractivity (Wildman–Crippen MR) is 103 cm³/mol. The van der Waals surface area contributed by atoms with Crippen molar-refractivity contribution in [2.45, 2.75) is 27.2 Å². The SMILES string of the molecule is CCOC(=O)Cc1csc(NC(=O)c2[nH]c(C)c(C(=O)OCCOC)c2C)n1. The van der Waals surface area contributed by atoms with Crippen molar-refractivity contribution in [1.29, 1.82) is 0 Å². The average Bonchev–Trinajstić information content (AvgIpc) is 3.18. The van der Waals surface area contributed by atoms with Crippen molar-refractivity contribution >= 4 is 34.3 Å². The molecule has 2 aromatic heterocycles. The lowest BCUT2D eigenvalue weighted by Crippen LogP contribution is -2.15. The molecule has 2 aromatic rings. The molecule has 0 bridgehead atoms. The summed E-state index contributed by atoms with van der Waals surface area (Å²) >= 11 is 1.20. The molecule has 0 saturated heterocycles. The second-order valence-corrected chi connectivity index (χ2v) is 6.69. The summed E-state index contributed by atoms with van der Waals surface area (Å²) in [6.07, 6.45) is 0.0400.